The topological polar surface area (TPSA) is 29.5 Å². The monoisotopic (exact) mass is 337 g/mol. The summed E-state index contributed by atoms with van der Waals surface area (Å²) in [6.45, 7) is 2.37. The van der Waals surface area contributed by atoms with Gasteiger partial charge in [-0.3, -0.25) is 4.79 Å². The Hall–Kier alpha value is -1.33. The Balaban J connectivity index is 1.96. The molecule has 1 aliphatic heterocycles. The summed E-state index contributed by atoms with van der Waals surface area (Å²) in [6, 6.07) is 11.7. The van der Waals surface area contributed by atoms with Gasteiger partial charge in [-0.15, -0.1) is 11.3 Å². The van der Waals surface area contributed by atoms with Crippen molar-refractivity contribution in [2.24, 2.45) is 0 Å². The summed E-state index contributed by atoms with van der Waals surface area (Å²) in [5.74, 6) is 0.772. The zero-order chi connectivity index (χ0) is 13.4. The third-order valence-electron chi connectivity index (χ3n) is 3.02. The largest absolute Gasteiger partial charge is 0.479 e. The highest BCUT2D eigenvalue weighted by Gasteiger charge is 2.31. The quantitative estimate of drug-likeness (QED) is 0.833. The molecule has 3 rings (SSSR count). The van der Waals surface area contributed by atoms with Crippen molar-refractivity contribution in [1.82, 2.24) is 0 Å². The molecule has 0 bridgehead atoms. The Bertz CT molecular complexity index is 625. The number of hydrogen-bond acceptors (Lipinski definition) is 3. The van der Waals surface area contributed by atoms with Crippen molar-refractivity contribution in [1.29, 1.82) is 0 Å². The molecule has 1 aromatic heterocycles. The van der Waals surface area contributed by atoms with Gasteiger partial charge in [-0.2, -0.15) is 0 Å². The molecule has 2 heterocycles. The highest BCUT2D eigenvalue weighted by Crippen LogP contribution is 2.35. The number of rotatable bonds is 2. The number of hydrogen-bond donors (Lipinski definition) is 0. The van der Waals surface area contributed by atoms with Crippen LogP contribution in [0.1, 0.15) is 11.8 Å². The molecule has 5 heteroatoms. The van der Waals surface area contributed by atoms with Gasteiger partial charge in [-0.05, 0) is 47.1 Å². The average Bonchev–Trinajstić information content (AvgIpc) is 2.80. The van der Waals surface area contributed by atoms with Crippen LogP contribution in [0.3, 0.4) is 0 Å². The molecule has 2 aromatic rings. The van der Waals surface area contributed by atoms with Gasteiger partial charge in [-0.1, -0.05) is 12.1 Å². The molecule has 0 fully saturated rings. The summed E-state index contributed by atoms with van der Waals surface area (Å²) >= 11 is 5.09. The maximum Gasteiger partial charge on any atom is 0.268 e. The predicted octanol–water partition coefficient (Wildman–Crippen LogP) is 3.82. The van der Waals surface area contributed by atoms with Gasteiger partial charge >= 0.3 is 0 Å². The van der Waals surface area contributed by atoms with E-state index in [1.54, 1.807) is 23.2 Å². The first-order valence-electron chi connectivity index (χ1n) is 5.96. The Labute approximate surface area is 123 Å². The van der Waals surface area contributed by atoms with E-state index in [0.717, 1.165) is 20.1 Å². The van der Waals surface area contributed by atoms with Crippen LogP contribution in [0.5, 0.6) is 5.75 Å². The molecule has 1 aliphatic rings. The number of thiophene rings is 1. The number of halogens is 1. The van der Waals surface area contributed by atoms with Crippen LogP contribution in [0.15, 0.2) is 40.2 Å². The van der Waals surface area contributed by atoms with E-state index in [2.05, 4.69) is 15.9 Å². The first-order chi connectivity index (χ1) is 9.15. The number of benzene rings is 1. The first kappa shape index (κ1) is 12.7. The highest BCUT2D eigenvalue weighted by atomic mass is 79.9. The molecule has 19 heavy (non-hydrogen) atoms. The Kier molecular flexibility index (Phi) is 3.33. The fourth-order valence-electron chi connectivity index (χ4n) is 2.11. The molecule has 0 aliphatic carbocycles. The molecule has 0 saturated carbocycles. The molecular formula is C14H12BrNO2S. The molecule has 0 spiro atoms. The Morgan fingerprint density at radius 1 is 1.32 bits per heavy atom. The molecule has 1 unspecified atom stereocenters. The maximum absolute atomic E-state index is 12.3. The molecule has 0 saturated heterocycles. The number of nitrogens with zero attached hydrogens (tertiary/aromatic N) is 1. The fourth-order valence-corrected chi connectivity index (χ4v) is 3.59. The van der Waals surface area contributed by atoms with E-state index in [1.807, 2.05) is 36.4 Å². The number of carbonyl (C=O) groups excluding carboxylic acids is 1. The van der Waals surface area contributed by atoms with Gasteiger partial charge in [0, 0.05) is 4.88 Å². The molecule has 1 aromatic carbocycles. The van der Waals surface area contributed by atoms with E-state index >= 15 is 0 Å². The lowest BCUT2D eigenvalue weighted by molar-refractivity contribution is -0.125. The van der Waals surface area contributed by atoms with Gasteiger partial charge in [0.15, 0.2) is 6.10 Å². The third-order valence-corrected chi connectivity index (χ3v) is 4.62. The summed E-state index contributed by atoms with van der Waals surface area (Å²) in [5.41, 5.74) is 0.843. The molecular weight excluding hydrogens is 326 g/mol. The number of ether oxygens (including phenoxy) is 1. The van der Waals surface area contributed by atoms with Gasteiger partial charge in [-0.25, -0.2) is 0 Å². The highest BCUT2D eigenvalue weighted by molar-refractivity contribution is 9.11. The third kappa shape index (κ3) is 2.40. The molecule has 0 N–H and O–H groups in total. The van der Waals surface area contributed by atoms with E-state index in [4.69, 9.17) is 4.74 Å². The van der Waals surface area contributed by atoms with Crippen LogP contribution >= 0.6 is 27.3 Å². The SMILES string of the molecule is CC1Oc2ccccc2N(Cc2ccc(Br)s2)C1=O. The smallest absolute Gasteiger partial charge is 0.268 e. The van der Waals surface area contributed by atoms with Crippen LogP contribution in [0.2, 0.25) is 0 Å². The summed E-state index contributed by atoms with van der Waals surface area (Å²) in [4.78, 5) is 15.2. The molecule has 1 atom stereocenters. The van der Waals surface area contributed by atoms with Crippen LogP contribution in [-0.2, 0) is 11.3 Å². The van der Waals surface area contributed by atoms with Gasteiger partial charge < -0.3 is 9.64 Å². The van der Waals surface area contributed by atoms with Crippen LogP contribution in [0, 0.1) is 0 Å². The van der Waals surface area contributed by atoms with Crippen molar-refractivity contribution < 1.29 is 9.53 Å². The minimum absolute atomic E-state index is 0.00298. The summed E-state index contributed by atoms with van der Waals surface area (Å²) in [5, 5.41) is 0. The van der Waals surface area contributed by atoms with E-state index in [1.165, 1.54) is 0 Å². The predicted molar refractivity (Wildman–Crippen MR) is 79.7 cm³/mol. The first-order valence-corrected chi connectivity index (χ1v) is 7.57. The summed E-state index contributed by atoms with van der Waals surface area (Å²) in [7, 11) is 0. The van der Waals surface area contributed by atoms with Crippen molar-refractivity contribution in [3.05, 3.63) is 45.1 Å². The Morgan fingerprint density at radius 3 is 2.84 bits per heavy atom. The summed E-state index contributed by atoms with van der Waals surface area (Å²) < 4.78 is 6.69. The van der Waals surface area contributed by atoms with Crippen LogP contribution in [0.4, 0.5) is 5.69 Å². The van der Waals surface area contributed by atoms with Gasteiger partial charge in [0.2, 0.25) is 0 Å². The number of para-hydroxylation sites is 2. The van der Waals surface area contributed by atoms with E-state index in [-0.39, 0.29) is 5.91 Å². The van der Waals surface area contributed by atoms with Crippen molar-refractivity contribution in [3.63, 3.8) is 0 Å². The minimum atomic E-state index is -0.432. The second-order valence-electron chi connectivity index (χ2n) is 4.36. The van der Waals surface area contributed by atoms with Crippen molar-refractivity contribution >= 4 is 38.9 Å². The zero-order valence-electron chi connectivity index (χ0n) is 10.3. The summed E-state index contributed by atoms with van der Waals surface area (Å²) in [6.07, 6.45) is -0.432. The van der Waals surface area contributed by atoms with Crippen LogP contribution < -0.4 is 9.64 Å². The number of anilines is 1. The lowest BCUT2D eigenvalue weighted by atomic mass is 10.2. The standard InChI is InChI=1S/C14H12BrNO2S/c1-9-14(17)16(8-10-6-7-13(15)19-10)11-4-2-3-5-12(11)18-9/h2-7,9H,8H2,1H3. The van der Waals surface area contributed by atoms with E-state index in [0.29, 0.717) is 6.54 Å². The molecule has 0 radical (unpaired) electrons. The van der Waals surface area contributed by atoms with Crippen molar-refractivity contribution in [2.45, 2.75) is 19.6 Å². The van der Waals surface area contributed by atoms with Crippen molar-refractivity contribution in [3.8, 4) is 5.75 Å². The second kappa shape index (κ2) is 4.98. The maximum atomic E-state index is 12.3. The number of fused-ring (bicyclic) bond motifs is 1. The lowest BCUT2D eigenvalue weighted by Gasteiger charge is -2.32. The fraction of sp³-hybridized carbons (Fsp3) is 0.214. The van der Waals surface area contributed by atoms with E-state index in [9.17, 15) is 4.79 Å². The van der Waals surface area contributed by atoms with Crippen LogP contribution in [-0.4, -0.2) is 12.0 Å². The molecule has 1 amide bonds. The van der Waals surface area contributed by atoms with E-state index < -0.39 is 6.10 Å². The van der Waals surface area contributed by atoms with Gasteiger partial charge in [0.1, 0.15) is 5.75 Å². The van der Waals surface area contributed by atoms with Gasteiger partial charge in [0.05, 0.1) is 16.0 Å². The second-order valence-corrected chi connectivity index (χ2v) is 6.91. The minimum Gasteiger partial charge on any atom is -0.479 e. The number of carbonyl (C=O) groups is 1. The molecule has 98 valence electrons. The lowest BCUT2D eigenvalue weighted by Crippen LogP contribution is -2.43. The zero-order valence-corrected chi connectivity index (χ0v) is 12.7. The average molecular weight is 338 g/mol. The van der Waals surface area contributed by atoms with Crippen LogP contribution in [0.25, 0.3) is 0 Å². The van der Waals surface area contributed by atoms with Crippen molar-refractivity contribution in [2.75, 3.05) is 4.90 Å². The van der Waals surface area contributed by atoms with Gasteiger partial charge in [0.25, 0.3) is 5.91 Å². The number of amides is 1. The normalized spacial score (nSPS) is 18.1. The molecule has 3 nitrogen and oxygen atoms in total. The Morgan fingerprint density at radius 2 is 2.11 bits per heavy atom.